The van der Waals surface area contributed by atoms with E-state index >= 15 is 0 Å². The molecule has 90 valence electrons. The van der Waals surface area contributed by atoms with E-state index in [4.69, 9.17) is 4.74 Å². The lowest BCUT2D eigenvalue weighted by Gasteiger charge is -2.32. The summed E-state index contributed by atoms with van der Waals surface area (Å²) in [5.41, 5.74) is 0.619. The van der Waals surface area contributed by atoms with Gasteiger partial charge in [0, 0.05) is 0 Å². The molecule has 0 aromatic heterocycles. The maximum atomic E-state index is 11.7. The number of hydrogen-bond donors (Lipinski definition) is 0. The summed E-state index contributed by atoms with van der Waals surface area (Å²) in [5.74, 6) is 0.272. The first-order valence-corrected chi connectivity index (χ1v) is 7.02. The number of esters is 1. The van der Waals surface area contributed by atoms with E-state index in [-0.39, 0.29) is 12.1 Å². The van der Waals surface area contributed by atoms with Crippen LogP contribution in [0.25, 0.3) is 0 Å². The SMILES string of the molecule is O=C(OC1CC(C=C(Br)Br)C1)c1ccccc1. The fourth-order valence-electron chi connectivity index (χ4n) is 1.81. The average molecular weight is 360 g/mol. The summed E-state index contributed by atoms with van der Waals surface area (Å²) in [5, 5.41) is 0. The molecule has 0 bridgehead atoms. The van der Waals surface area contributed by atoms with Crippen LogP contribution in [0.2, 0.25) is 0 Å². The fourth-order valence-corrected chi connectivity index (χ4v) is 2.56. The van der Waals surface area contributed by atoms with Crippen molar-refractivity contribution in [2.45, 2.75) is 18.9 Å². The summed E-state index contributed by atoms with van der Waals surface area (Å²) in [4.78, 5) is 11.7. The molecule has 1 aromatic carbocycles. The van der Waals surface area contributed by atoms with Gasteiger partial charge in [0.1, 0.15) is 6.10 Å². The first-order chi connectivity index (χ1) is 8.15. The second-order valence-electron chi connectivity index (χ2n) is 4.08. The van der Waals surface area contributed by atoms with Crippen molar-refractivity contribution in [1.29, 1.82) is 0 Å². The molecule has 2 nitrogen and oxygen atoms in total. The highest BCUT2D eigenvalue weighted by Crippen LogP contribution is 2.34. The van der Waals surface area contributed by atoms with Gasteiger partial charge in [-0.3, -0.25) is 0 Å². The van der Waals surface area contributed by atoms with Crippen molar-refractivity contribution in [3.8, 4) is 0 Å². The molecule has 17 heavy (non-hydrogen) atoms. The van der Waals surface area contributed by atoms with Gasteiger partial charge in [0.15, 0.2) is 0 Å². The van der Waals surface area contributed by atoms with Gasteiger partial charge < -0.3 is 4.74 Å². The van der Waals surface area contributed by atoms with Crippen LogP contribution in [-0.4, -0.2) is 12.1 Å². The molecular formula is C13H12Br2O2. The van der Waals surface area contributed by atoms with Gasteiger partial charge in [-0.25, -0.2) is 4.79 Å². The fraction of sp³-hybridized carbons (Fsp3) is 0.308. The van der Waals surface area contributed by atoms with Gasteiger partial charge in [0.05, 0.1) is 8.96 Å². The quantitative estimate of drug-likeness (QED) is 0.754. The van der Waals surface area contributed by atoms with Crippen molar-refractivity contribution >= 4 is 37.8 Å². The van der Waals surface area contributed by atoms with E-state index in [1.165, 1.54) is 0 Å². The van der Waals surface area contributed by atoms with Crippen LogP contribution in [0.5, 0.6) is 0 Å². The van der Waals surface area contributed by atoms with Crippen molar-refractivity contribution in [3.63, 3.8) is 0 Å². The smallest absolute Gasteiger partial charge is 0.338 e. The molecule has 1 aliphatic carbocycles. The Labute approximate surface area is 117 Å². The normalized spacial score (nSPS) is 22.5. The molecule has 0 spiro atoms. The van der Waals surface area contributed by atoms with E-state index in [2.05, 4.69) is 37.9 Å². The maximum absolute atomic E-state index is 11.7. The van der Waals surface area contributed by atoms with E-state index in [1.807, 2.05) is 18.2 Å². The Hall–Kier alpha value is -0.610. The molecule has 0 amide bonds. The minimum Gasteiger partial charge on any atom is -0.459 e. The standard InChI is InChI=1S/C13H12Br2O2/c14-12(15)8-9-6-11(7-9)17-13(16)10-4-2-1-3-5-10/h1-5,8-9,11H,6-7H2. The maximum Gasteiger partial charge on any atom is 0.338 e. The largest absolute Gasteiger partial charge is 0.459 e. The van der Waals surface area contributed by atoms with Crippen molar-refractivity contribution in [1.82, 2.24) is 0 Å². The number of rotatable bonds is 3. The van der Waals surface area contributed by atoms with Crippen LogP contribution < -0.4 is 0 Å². The monoisotopic (exact) mass is 358 g/mol. The number of halogens is 2. The van der Waals surface area contributed by atoms with Crippen molar-refractivity contribution in [2.24, 2.45) is 5.92 Å². The molecule has 0 N–H and O–H groups in total. The Balaban J connectivity index is 1.81. The van der Waals surface area contributed by atoms with Crippen LogP contribution in [-0.2, 0) is 4.74 Å². The minimum atomic E-state index is -0.226. The molecule has 0 unspecified atom stereocenters. The third kappa shape index (κ3) is 3.68. The average Bonchev–Trinajstić information content (AvgIpc) is 2.26. The number of carbonyl (C=O) groups excluding carboxylic acids is 1. The lowest BCUT2D eigenvalue weighted by atomic mass is 9.82. The zero-order chi connectivity index (χ0) is 12.3. The molecule has 1 aromatic rings. The number of hydrogen-bond acceptors (Lipinski definition) is 2. The van der Waals surface area contributed by atoms with Gasteiger partial charge in [-0.05, 0) is 62.8 Å². The predicted molar refractivity (Wildman–Crippen MR) is 74.3 cm³/mol. The molecule has 4 heteroatoms. The third-order valence-corrected chi connectivity index (χ3v) is 3.30. The summed E-state index contributed by atoms with van der Waals surface area (Å²) >= 11 is 6.65. The van der Waals surface area contributed by atoms with Crippen LogP contribution in [0.15, 0.2) is 39.8 Å². The highest BCUT2D eigenvalue weighted by Gasteiger charge is 2.31. The van der Waals surface area contributed by atoms with E-state index < -0.39 is 0 Å². The van der Waals surface area contributed by atoms with Crippen LogP contribution in [0.4, 0.5) is 0 Å². The van der Waals surface area contributed by atoms with Gasteiger partial charge in [-0.1, -0.05) is 24.3 Å². The second kappa shape index (κ2) is 5.83. The summed E-state index contributed by atoms with van der Waals surface area (Å²) in [7, 11) is 0. The van der Waals surface area contributed by atoms with Crippen molar-refractivity contribution < 1.29 is 9.53 Å². The molecule has 1 saturated carbocycles. The zero-order valence-corrected chi connectivity index (χ0v) is 12.3. The van der Waals surface area contributed by atoms with Gasteiger partial charge in [0.25, 0.3) is 0 Å². The number of ether oxygens (including phenoxy) is 1. The first kappa shape index (κ1) is 12.8. The highest BCUT2D eigenvalue weighted by molar-refractivity contribution is 9.28. The topological polar surface area (TPSA) is 26.3 Å². The summed E-state index contributed by atoms with van der Waals surface area (Å²) in [6, 6.07) is 9.10. The number of carbonyl (C=O) groups is 1. The van der Waals surface area contributed by atoms with Gasteiger partial charge in [-0.2, -0.15) is 0 Å². The molecule has 2 rings (SSSR count). The van der Waals surface area contributed by atoms with E-state index in [1.54, 1.807) is 12.1 Å². The minimum absolute atomic E-state index is 0.0586. The lowest BCUT2D eigenvalue weighted by Crippen LogP contribution is -2.32. The number of benzene rings is 1. The van der Waals surface area contributed by atoms with Crippen LogP contribution in [0.3, 0.4) is 0 Å². The molecule has 1 aliphatic rings. The van der Waals surface area contributed by atoms with Crippen LogP contribution in [0.1, 0.15) is 23.2 Å². The van der Waals surface area contributed by atoms with Crippen molar-refractivity contribution in [3.05, 3.63) is 45.4 Å². The summed E-state index contributed by atoms with van der Waals surface area (Å²) in [6.07, 6.45) is 3.95. The Kier molecular flexibility index (Phi) is 4.40. The summed E-state index contributed by atoms with van der Waals surface area (Å²) in [6.45, 7) is 0. The van der Waals surface area contributed by atoms with E-state index in [9.17, 15) is 4.79 Å². The Morgan fingerprint density at radius 3 is 2.47 bits per heavy atom. The Morgan fingerprint density at radius 1 is 1.24 bits per heavy atom. The lowest BCUT2D eigenvalue weighted by molar-refractivity contribution is -0.00259. The highest BCUT2D eigenvalue weighted by atomic mass is 79.9. The Morgan fingerprint density at radius 2 is 1.88 bits per heavy atom. The number of allylic oxidation sites excluding steroid dienone is 1. The van der Waals surface area contributed by atoms with Gasteiger partial charge in [-0.15, -0.1) is 0 Å². The van der Waals surface area contributed by atoms with Crippen molar-refractivity contribution in [2.75, 3.05) is 0 Å². The van der Waals surface area contributed by atoms with E-state index in [0.717, 1.165) is 16.2 Å². The van der Waals surface area contributed by atoms with Gasteiger partial charge in [0.2, 0.25) is 0 Å². The zero-order valence-electron chi connectivity index (χ0n) is 9.11. The first-order valence-electron chi connectivity index (χ1n) is 5.44. The molecule has 0 heterocycles. The molecular weight excluding hydrogens is 348 g/mol. The predicted octanol–water partition coefficient (Wildman–Crippen LogP) is 4.25. The molecule has 0 radical (unpaired) electrons. The van der Waals surface area contributed by atoms with Crippen LogP contribution >= 0.6 is 31.9 Å². The molecule has 0 atom stereocenters. The van der Waals surface area contributed by atoms with Crippen LogP contribution in [0, 0.1) is 5.92 Å². The van der Waals surface area contributed by atoms with E-state index in [0.29, 0.717) is 11.5 Å². The molecule has 1 fully saturated rings. The molecule has 0 aliphatic heterocycles. The summed E-state index contributed by atoms with van der Waals surface area (Å²) < 4.78 is 6.35. The Bertz CT molecular complexity index is 418. The van der Waals surface area contributed by atoms with Gasteiger partial charge >= 0.3 is 5.97 Å². The molecule has 0 saturated heterocycles. The third-order valence-electron chi connectivity index (χ3n) is 2.78. The second-order valence-corrected chi connectivity index (χ2v) is 6.85.